The molecular formula is C23H29FN6. The van der Waals surface area contributed by atoms with Crippen molar-refractivity contribution < 1.29 is 4.39 Å². The third-order valence-corrected chi connectivity index (χ3v) is 5.67. The SMILES string of the molecule is CCn1cc(CN2CCC[C@@H](c3nc(N(C)C)ncc3-c3ccc(F)cc3)C2)cn1. The fraction of sp³-hybridized carbons (Fsp3) is 0.435. The van der Waals surface area contributed by atoms with Crippen LogP contribution in [0.1, 0.15) is 36.9 Å². The monoisotopic (exact) mass is 408 g/mol. The molecule has 1 saturated heterocycles. The smallest absolute Gasteiger partial charge is 0.225 e. The van der Waals surface area contributed by atoms with E-state index in [9.17, 15) is 4.39 Å². The van der Waals surface area contributed by atoms with Crippen LogP contribution in [-0.2, 0) is 13.1 Å². The summed E-state index contributed by atoms with van der Waals surface area (Å²) in [5, 5.41) is 4.40. The van der Waals surface area contributed by atoms with Crippen LogP contribution < -0.4 is 4.90 Å². The summed E-state index contributed by atoms with van der Waals surface area (Å²) in [5.41, 5.74) is 4.24. The molecule has 0 unspecified atom stereocenters. The lowest BCUT2D eigenvalue weighted by Crippen LogP contribution is -2.34. The Bertz CT molecular complexity index is 982. The third kappa shape index (κ3) is 4.51. The van der Waals surface area contributed by atoms with Crippen molar-refractivity contribution in [2.45, 2.75) is 38.8 Å². The van der Waals surface area contributed by atoms with Gasteiger partial charge >= 0.3 is 0 Å². The van der Waals surface area contributed by atoms with Gasteiger partial charge in [-0.2, -0.15) is 5.10 Å². The van der Waals surface area contributed by atoms with E-state index in [1.807, 2.05) is 48.2 Å². The van der Waals surface area contributed by atoms with Crippen molar-refractivity contribution in [1.29, 1.82) is 0 Å². The van der Waals surface area contributed by atoms with Gasteiger partial charge in [0.15, 0.2) is 0 Å². The van der Waals surface area contributed by atoms with Crippen LogP contribution in [0.2, 0.25) is 0 Å². The molecule has 0 N–H and O–H groups in total. The van der Waals surface area contributed by atoms with Crippen molar-refractivity contribution in [2.75, 3.05) is 32.1 Å². The minimum absolute atomic E-state index is 0.234. The van der Waals surface area contributed by atoms with Crippen molar-refractivity contribution >= 4 is 5.95 Å². The van der Waals surface area contributed by atoms with Crippen LogP contribution in [0.3, 0.4) is 0 Å². The number of hydrogen-bond acceptors (Lipinski definition) is 5. The summed E-state index contributed by atoms with van der Waals surface area (Å²) in [5.74, 6) is 0.779. The Balaban J connectivity index is 1.61. The van der Waals surface area contributed by atoms with Crippen molar-refractivity contribution in [3.05, 3.63) is 59.9 Å². The van der Waals surface area contributed by atoms with E-state index in [1.165, 1.54) is 17.7 Å². The van der Waals surface area contributed by atoms with E-state index in [0.29, 0.717) is 11.9 Å². The molecule has 3 aromatic rings. The highest BCUT2D eigenvalue weighted by molar-refractivity contribution is 5.66. The summed E-state index contributed by atoms with van der Waals surface area (Å²) in [6.07, 6.45) is 8.18. The minimum Gasteiger partial charge on any atom is -0.347 e. The maximum atomic E-state index is 13.5. The summed E-state index contributed by atoms with van der Waals surface area (Å²) in [6.45, 7) is 5.90. The molecule has 30 heavy (non-hydrogen) atoms. The fourth-order valence-corrected chi connectivity index (χ4v) is 4.11. The Labute approximate surface area is 177 Å². The largest absolute Gasteiger partial charge is 0.347 e. The van der Waals surface area contributed by atoms with Crippen LogP contribution in [0.25, 0.3) is 11.1 Å². The van der Waals surface area contributed by atoms with Gasteiger partial charge in [0.1, 0.15) is 5.82 Å². The Hall–Kier alpha value is -2.80. The lowest BCUT2D eigenvalue weighted by molar-refractivity contribution is 0.198. The Morgan fingerprint density at radius 2 is 1.97 bits per heavy atom. The Morgan fingerprint density at radius 1 is 1.17 bits per heavy atom. The first-order valence-corrected chi connectivity index (χ1v) is 10.6. The standard InChI is InChI=1S/C23H29FN6/c1-4-30-15-17(12-26-30)14-29-11-5-6-19(16-29)22-21(13-25-23(27-22)28(2)3)18-7-9-20(24)10-8-18/h7-10,12-13,15,19H,4-6,11,14,16H2,1-3H3/t19-/m1/s1. The van der Waals surface area contributed by atoms with Gasteiger partial charge in [-0.15, -0.1) is 0 Å². The summed E-state index contributed by atoms with van der Waals surface area (Å²) in [4.78, 5) is 13.9. The molecule has 0 amide bonds. The molecule has 1 aliphatic rings. The first kappa shape index (κ1) is 20.5. The van der Waals surface area contributed by atoms with Gasteiger partial charge in [-0.05, 0) is 44.0 Å². The first-order valence-electron chi connectivity index (χ1n) is 10.6. The molecule has 1 aromatic carbocycles. The number of nitrogens with zero attached hydrogens (tertiary/aromatic N) is 6. The number of aryl methyl sites for hydroxylation is 1. The zero-order valence-electron chi connectivity index (χ0n) is 17.9. The van der Waals surface area contributed by atoms with E-state index >= 15 is 0 Å². The number of hydrogen-bond donors (Lipinski definition) is 0. The van der Waals surface area contributed by atoms with Crippen LogP contribution in [0.4, 0.5) is 10.3 Å². The highest BCUT2D eigenvalue weighted by Gasteiger charge is 2.26. The molecule has 1 fully saturated rings. The molecule has 3 heterocycles. The van der Waals surface area contributed by atoms with Crippen molar-refractivity contribution in [3.8, 4) is 11.1 Å². The lowest BCUT2D eigenvalue weighted by atomic mass is 9.90. The van der Waals surface area contributed by atoms with Crippen molar-refractivity contribution in [2.24, 2.45) is 0 Å². The molecule has 0 radical (unpaired) electrons. The van der Waals surface area contributed by atoms with E-state index in [1.54, 1.807) is 0 Å². The van der Waals surface area contributed by atoms with Gasteiger partial charge in [-0.3, -0.25) is 9.58 Å². The third-order valence-electron chi connectivity index (χ3n) is 5.67. The van der Waals surface area contributed by atoms with E-state index < -0.39 is 0 Å². The Morgan fingerprint density at radius 3 is 2.67 bits per heavy atom. The van der Waals surface area contributed by atoms with Gasteiger partial charge in [0.25, 0.3) is 0 Å². The van der Waals surface area contributed by atoms with Gasteiger partial charge in [-0.1, -0.05) is 12.1 Å². The first-order chi connectivity index (χ1) is 14.5. The van der Waals surface area contributed by atoms with E-state index in [2.05, 4.69) is 28.1 Å². The zero-order valence-corrected chi connectivity index (χ0v) is 17.9. The number of likely N-dealkylation sites (tertiary alicyclic amines) is 1. The molecule has 7 heteroatoms. The summed E-state index contributed by atoms with van der Waals surface area (Å²) >= 11 is 0. The maximum Gasteiger partial charge on any atom is 0.225 e. The number of piperidine rings is 1. The van der Waals surface area contributed by atoms with Gasteiger partial charge in [-0.25, -0.2) is 14.4 Å². The molecule has 0 spiro atoms. The molecule has 0 saturated carbocycles. The number of anilines is 1. The highest BCUT2D eigenvalue weighted by atomic mass is 19.1. The van der Waals surface area contributed by atoms with Gasteiger partial charge in [0, 0.05) is 63.2 Å². The lowest BCUT2D eigenvalue weighted by Gasteiger charge is -2.33. The molecule has 4 rings (SSSR count). The molecular weight excluding hydrogens is 379 g/mol. The van der Waals surface area contributed by atoms with Gasteiger partial charge in [0.2, 0.25) is 5.95 Å². The molecule has 1 aliphatic heterocycles. The second kappa shape index (κ2) is 8.92. The quantitative estimate of drug-likeness (QED) is 0.618. The molecule has 0 bridgehead atoms. The molecule has 6 nitrogen and oxygen atoms in total. The topological polar surface area (TPSA) is 50.1 Å². The molecule has 0 aliphatic carbocycles. The van der Waals surface area contributed by atoms with E-state index in [4.69, 9.17) is 4.98 Å². The molecule has 158 valence electrons. The van der Waals surface area contributed by atoms with Crippen LogP contribution in [0, 0.1) is 5.82 Å². The van der Waals surface area contributed by atoms with Crippen LogP contribution in [-0.4, -0.2) is 51.8 Å². The summed E-state index contributed by atoms with van der Waals surface area (Å²) in [6, 6.07) is 6.62. The van der Waals surface area contributed by atoms with Crippen LogP contribution >= 0.6 is 0 Å². The predicted molar refractivity (Wildman–Crippen MR) is 117 cm³/mol. The fourth-order valence-electron chi connectivity index (χ4n) is 4.11. The van der Waals surface area contributed by atoms with Gasteiger partial charge in [0.05, 0.1) is 11.9 Å². The maximum absolute atomic E-state index is 13.5. The second-order valence-electron chi connectivity index (χ2n) is 8.15. The molecule has 1 atom stereocenters. The zero-order chi connectivity index (χ0) is 21.1. The van der Waals surface area contributed by atoms with Crippen LogP contribution in [0.5, 0.6) is 0 Å². The number of rotatable bonds is 6. The average molecular weight is 409 g/mol. The number of halogens is 1. The predicted octanol–water partition coefficient (Wildman–Crippen LogP) is 3.94. The van der Waals surface area contributed by atoms with Crippen molar-refractivity contribution in [1.82, 2.24) is 24.6 Å². The Kier molecular flexibility index (Phi) is 6.08. The van der Waals surface area contributed by atoms with Gasteiger partial charge < -0.3 is 4.90 Å². The second-order valence-corrected chi connectivity index (χ2v) is 8.15. The molecule has 2 aromatic heterocycles. The van der Waals surface area contributed by atoms with E-state index in [0.717, 1.165) is 55.8 Å². The number of aromatic nitrogens is 4. The average Bonchev–Trinajstić information content (AvgIpc) is 3.21. The minimum atomic E-state index is -0.234. The normalized spacial score (nSPS) is 17.3. The summed E-state index contributed by atoms with van der Waals surface area (Å²) in [7, 11) is 3.91. The van der Waals surface area contributed by atoms with Crippen molar-refractivity contribution in [3.63, 3.8) is 0 Å². The van der Waals surface area contributed by atoms with E-state index in [-0.39, 0.29) is 5.82 Å². The van der Waals surface area contributed by atoms with Crippen LogP contribution in [0.15, 0.2) is 42.9 Å². The highest BCUT2D eigenvalue weighted by Crippen LogP contribution is 2.34. The number of benzene rings is 1. The summed E-state index contributed by atoms with van der Waals surface area (Å²) < 4.78 is 15.4.